The molecule has 277 valence electrons. The summed E-state index contributed by atoms with van der Waals surface area (Å²) in [6, 6.07) is -2.43. The first-order chi connectivity index (χ1) is 23.1. The Morgan fingerprint density at radius 1 is 0.583 bits per heavy atom. The summed E-state index contributed by atoms with van der Waals surface area (Å²) in [5, 5.41) is 25.8. The highest BCUT2D eigenvalue weighted by Crippen LogP contribution is 2.14. The van der Waals surface area contributed by atoms with E-state index in [1.54, 1.807) is 0 Å². The van der Waals surface area contributed by atoms with Gasteiger partial charge in [0.05, 0.1) is 12.1 Å². The van der Waals surface area contributed by atoms with Crippen molar-refractivity contribution in [3.8, 4) is 0 Å². The number of guanidine groups is 2. The number of amides is 2. The molecule has 2 amide bonds. The summed E-state index contributed by atoms with van der Waals surface area (Å²) in [4.78, 5) is 49.8. The lowest BCUT2D eigenvalue weighted by atomic mass is 9.99. The number of hydrogen-bond acceptors (Lipinski definition) is 8. The van der Waals surface area contributed by atoms with Crippen molar-refractivity contribution in [2.24, 2.45) is 22.9 Å². The van der Waals surface area contributed by atoms with Gasteiger partial charge >= 0.3 is 0 Å². The van der Waals surface area contributed by atoms with Crippen LogP contribution in [0.3, 0.4) is 0 Å². The summed E-state index contributed by atoms with van der Waals surface area (Å²) in [5.41, 5.74) is 22.4. The molecular formula is C34H67N10O4. The number of rotatable bonds is 33. The Hall–Kier alpha value is -3.26. The lowest BCUT2D eigenvalue weighted by molar-refractivity contribution is -0.132. The molecule has 3 atom stereocenters. The molecule has 0 rings (SSSR count). The average Bonchev–Trinajstić information content (AvgIpc) is 3.05. The van der Waals surface area contributed by atoms with Gasteiger partial charge in [-0.25, -0.2) is 0 Å². The Morgan fingerprint density at radius 2 is 1.04 bits per heavy atom. The van der Waals surface area contributed by atoms with Gasteiger partial charge in [-0.05, 0) is 57.9 Å². The van der Waals surface area contributed by atoms with Crippen LogP contribution in [0.15, 0.2) is 0 Å². The monoisotopic (exact) mass is 680 g/mol. The van der Waals surface area contributed by atoms with E-state index in [1.165, 1.54) is 44.9 Å². The first kappa shape index (κ1) is 44.7. The predicted molar refractivity (Wildman–Crippen MR) is 193 cm³/mol. The van der Waals surface area contributed by atoms with Crippen molar-refractivity contribution in [1.82, 2.24) is 21.3 Å². The van der Waals surface area contributed by atoms with E-state index < -0.39 is 29.9 Å². The molecule has 0 unspecified atom stereocenters. The number of ketones is 1. The molecule has 14 nitrogen and oxygen atoms in total. The molecule has 0 spiro atoms. The van der Waals surface area contributed by atoms with Crippen molar-refractivity contribution in [3.05, 3.63) is 0 Å². The second-order valence-corrected chi connectivity index (χ2v) is 12.7. The fourth-order valence-corrected chi connectivity index (χ4v) is 5.45. The maximum Gasteiger partial charge on any atom is 0.243 e. The van der Waals surface area contributed by atoms with E-state index >= 15 is 0 Å². The number of Topliss-reactive ketones (excluding diaryl/α,β-unsaturated/α-hetero) is 1. The van der Waals surface area contributed by atoms with Gasteiger partial charge in [-0.3, -0.25) is 30.0 Å². The fourth-order valence-electron chi connectivity index (χ4n) is 5.45. The highest BCUT2D eigenvalue weighted by atomic mass is 16.2. The largest absolute Gasteiger partial charge is 0.370 e. The van der Waals surface area contributed by atoms with E-state index in [0.29, 0.717) is 64.6 Å². The minimum Gasteiger partial charge on any atom is -0.370 e. The van der Waals surface area contributed by atoms with E-state index in [1.807, 2.05) is 6.29 Å². The molecule has 14 N–H and O–H groups in total. The van der Waals surface area contributed by atoms with Crippen LogP contribution in [0.1, 0.15) is 141 Å². The lowest BCUT2D eigenvalue weighted by Gasteiger charge is -2.24. The van der Waals surface area contributed by atoms with Crippen molar-refractivity contribution >= 4 is 35.8 Å². The second-order valence-electron chi connectivity index (χ2n) is 12.7. The molecule has 0 heterocycles. The van der Waals surface area contributed by atoms with Gasteiger partial charge in [0.2, 0.25) is 11.8 Å². The average molecular weight is 680 g/mol. The summed E-state index contributed by atoms with van der Waals surface area (Å²) in [5.74, 6) is -1.31. The van der Waals surface area contributed by atoms with E-state index in [0.717, 1.165) is 44.9 Å². The molecule has 0 aliphatic rings. The molecule has 0 aromatic heterocycles. The van der Waals surface area contributed by atoms with Crippen LogP contribution in [-0.2, 0) is 19.2 Å². The van der Waals surface area contributed by atoms with Crippen LogP contribution in [0.25, 0.3) is 0 Å². The number of hydrogen-bond donors (Lipinski definition) is 10. The highest BCUT2D eigenvalue weighted by Gasteiger charge is 2.27. The van der Waals surface area contributed by atoms with Gasteiger partial charge in [-0.1, -0.05) is 77.0 Å². The van der Waals surface area contributed by atoms with Gasteiger partial charge in [-0.2, -0.15) is 0 Å². The van der Waals surface area contributed by atoms with Crippen LogP contribution in [0.2, 0.25) is 0 Å². The second kappa shape index (κ2) is 31.0. The van der Waals surface area contributed by atoms with E-state index in [9.17, 15) is 19.2 Å². The number of nitrogens with two attached hydrogens (primary N) is 4. The zero-order valence-corrected chi connectivity index (χ0v) is 29.4. The van der Waals surface area contributed by atoms with Crippen LogP contribution >= 0.6 is 0 Å². The lowest BCUT2D eigenvalue weighted by Crippen LogP contribution is -2.54. The van der Waals surface area contributed by atoms with Crippen molar-refractivity contribution in [3.63, 3.8) is 0 Å². The smallest absolute Gasteiger partial charge is 0.243 e. The van der Waals surface area contributed by atoms with Gasteiger partial charge in [0.25, 0.3) is 0 Å². The Bertz CT molecular complexity index is 905. The Kier molecular flexibility index (Phi) is 28.9. The molecule has 0 aromatic carbocycles. The van der Waals surface area contributed by atoms with Crippen molar-refractivity contribution in [1.29, 1.82) is 10.8 Å². The van der Waals surface area contributed by atoms with Crippen LogP contribution in [0.5, 0.6) is 0 Å². The van der Waals surface area contributed by atoms with E-state index in [-0.39, 0.29) is 24.1 Å². The zero-order chi connectivity index (χ0) is 35.8. The van der Waals surface area contributed by atoms with Crippen LogP contribution < -0.4 is 44.2 Å². The molecule has 0 aliphatic carbocycles. The molecule has 0 fully saturated rings. The molecule has 1 radical (unpaired) electrons. The molecule has 0 bridgehead atoms. The maximum atomic E-state index is 13.5. The summed E-state index contributed by atoms with van der Waals surface area (Å²) in [7, 11) is 0. The third-order valence-corrected chi connectivity index (χ3v) is 8.32. The fraction of sp³-hybridized carbons (Fsp3) is 0.824. The Labute approximate surface area is 288 Å². The number of nitrogens with one attached hydrogen (secondary N) is 6. The Balaban J connectivity index is 4.87. The summed E-state index contributed by atoms with van der Waals surface area (Å²) in [6.07, 6.45) is 20.9. The van der Waals surface area contributed by atoms with Crippen LogP contribution in [-0.4, -0.2) is 73.6 Å². The minimum absolute atomic E-state index is 0.0581. The molecule has 0 saturated heterocycles. The zero-order valence-electron chi connectivity index (χ0n) is 29.4. The molecule has 0 aliphatic heterocycles. The van der Waals surface area contributed by atoms with E-state index in [2.05, 4.69) is 21.3 Å². The van der Waals surface area contributed by atoms with Crippen LogP contribution in [0.4, 0.5) is 0 Å². The molecule has 0 aromatic rings. The Morgan fingerprint density at radius 3 is 1.52 bits per heavy atom. The molecule has 0 saturated carbocycles. The van der Waals surface area contributed by atoms with Gasteiger partial charge in [-0.15, -0.1) is 0 Å². The minimum atomic E-state index is -0.912. The summed E-state index contributed by atoms with van der Waals surface area (Å²) < 4.78 is 0. The third-order valence-electron chi connectivity index (χ3n) is 8.32. The predicted octanol–water partition coefficient (Wildman–Crippen LogP) is 2.47. The first-order valence-corrected chi connectivity index (χ1v) is 18.2. The molecule has 48 heavy (non-hydrogen) atoms. The van der Waals surface area contributed by atoms with Gasteiger partial charge in [0, 0.05) is 25.9 Å². The summed E-state index contributed by atoms with van der Waals surface area (Å²) >= 11 is 0. The number of carbonyl (C=O) groups excluding carboxylic acids is 4. The number of carbonyl (C=O) groups is 3. The van der Waals surface area contributed by atoms with Gasteiger partial charge in [0.1, 0.15) is 6.04 Å². The quantitative estimate of drug-likeness (QED) is 0.0275. The SMILES string of the molecule is N=C(N)NCCC[C@H](NC(=O)[C@H](CCCNC(=N)N)NC(=O)[C@@H](N)CCCCN)C(=O)CCCCCCCCCCCCCCC[C]=O. The summed E-state index contributed by atoms with van der Waals surface area (Å²) in [6.45, 7) is 1.25. The van der Waals surface area contributed by atoms with Gasteiger partial charge < -0.3 is 44.2 Å². The topological polar surface area (TPSA) is 268 Å². The van der Waals surface area contributed by atoms with Crippen molar-refractivity contribution in [2.45, 2.75) is 159 Å². The first-order valence-electron chi connectivity index (χ1n) is 18.2. The normalized spacial score (nSPS) is 12.8. The third kappa shape index (κ3) is 26.8. The maximum absolute atomic E-state index is 13.5. The van der Waals surface area contributed by atoms with Crippen molar-refractivity contribution in [2.75, 3.05) is 19.6 Å². The van der Waals surface area contributed by atoms with Gasteiger partial charge in [0.15, 0.2) is 24.0 Å². The van der Waals surface area contributed by atoms with Crippen LogP contribution in [0, 0.1) is 10.8 Å². The number of unbranched alkanes of at least 4 members (excludes halogenated alkanes) is 14. The highest BCUT2D eigenvalue weighted by molar-refractivity contribution is 5.93. The van der Waals surface area contributed by atoms with Crippen molar-refractivity contribution < 1.29 is 19.2 Å². The molecular weight excluding hydrogens is 612 g/mol. The van der Waals surface area contributed by atoms with E-state index in [4.69, 9.17) is 33.8 Å². The molecule has 14 heteroatoms. The standard InChI is InChI=1S/C34H67N10O4/c35-23-15-14-19-27(36)31(47)44-29(21-18-25-42-34(39)40)32(48)43-28(20-17-24-41-33(37)38)30(46)22-13-11-9-7-5-3-1-2-4-6-8-10-12-16-26-45/h27-29H,1-25,35-36H2,(H,43,48)(H,44,47)(H4,37,38,41)(H4,39,40,42)/t27-,28-,29-/m0/s1.